The summed E-state index contributed by atoms with van der Waals surface area (Å²) in [5.74, 6) is 0. The van der Waals surface area contributed by atoms with Gasteiger partial charge in [-0.3, -0.25) is 9.97 Å². The van der Waals surface area contributed by atoms with Crippen LogP contribution in [0.5, 0.6) is 0 Å². The summed E-state index contributed by atoms with van der Waals surface area (Å²) < 4.78 is 42.2. The van der Waals surface area contributed by atoms with Crippen molar-refractivity contribution in [2.45, 2.75) is 9.79 Å². The van der Waals surface area contributed by atoms with Crippen LogP contribution in [-0.4, -0.2) is 26.8 Å². The van der Waals surface area contributed by atoms with Gasteiger partial charge in [-0.1, -0.05) is 0 Å². The van der Waals surface area contributed by atoms with E-state index >= 15 is 0 Å². The van der Waals surface area contributed by atoms with E-state index in [9.17, 15) is 16.8 Å². The fraction of sp³-hybridized carbons (Fsp3) is 0. The van der Waals surface area contributed by atoms with E-state index in [1.54, 1.807) is 0 Å². The van der Waals surface area contributed by atoms with Gasteiger partial charge in [0.25, 0.3) is 18.1 Å². The number of hydrogen-bond donors (Lipinski definition) is 0. The first-order chi connectivity index (χ1) is 9.21. The highest BCUT2D eigenvalue weighted by Gasteiger charge is 2.08. The van der Waals surface area contributed by atoms with Gasteiger partial charge in [-0.15, -0.1) is 0 Å². The van der Waals surface area contributed by atoms with E-state index in [4.69, 9.17) is 21.4 Å². The number of aromatic nitrogens is 2. The van der Waals surface area contributed by atoms with Crippen molar-refractivity contribution in [1.82, 2.24) is 9.97 Å². The third kappa shape index (κ3) is 5.83. The van der Waals surface area contributed by atoms with Crippen molar-refractivity contribution in [1.29, 1.82) is 0 Å². The smallest absolute Gasteiger partial charge is 0.262 e. The molecule has 20 heavy (non-hydrogen) atoms. The van der Waals surface area contributed by atoms with E-state index in [-0.39, 0.29) is 9.79 Å². The zero-order chi connectivity index (χ0) is 15.2. The third-order valence-electron chi connectivity index (χ3n) is 1.83. The Labute approximate surface area is 125 Å². The minimum atomic E-state index is -3.59. The summed E-state index contributed by atoms with van der Waals surface area (Å²) in [4.78, 5) is 7.22. The average molecular weight is 355 g/mol. The van der Waals surface area contributed by atoms with Gasteiger partial charge in [0.2, 0.25) is 0 Å². The molecule has 10 heteroatoms. The lowest BCUT2D eigenvalue weighted by Gasteiger charge is -1.90. The highest BCUT2D eigenvalue weighted by atomic mass is 35.7. The number of nitrogens with zero attached hydrogens (tertiary/aromatic N) is 2. The van der Waals surface area contributed by atoms with E-state index in [1.165, 1.54) is 49.1 Å². The van der Waals surface area contributed by atoms with Gasteiger partial charge < -0.3 is 0 Å². The van der Waals surface area contributed by atoms with E-state index in [0.717, 1.165) is 0 Å². The highest BCUT2D eigenvalue weighted by molar-refractivity contribution is 8.14. The Morgan fingerprint density at radius 3 is 1.25 bits per heavy atom. The zero-order valence-electron chi connectivity index (χ0n) is 9.72. The van der Waals surface area contributed by atoms with Crippen LogP contribution in [0.2, 0.25) is 0 Å². The molecular formula is C10H8Cl2N2O4S2. The van der Waals surface area contributed by atoms with Crippen molar-refractivity contribution >= 4 is 39.5 Å². The van der Waals surface area contributed by atoms with Crippen LogP contribution in [0.3, 0.4) is 0 Å². The SMILES string of the molecule is O=S(=O)(Cl)c1cccnc1.O=S(=O)(Cl)c1cccnc1. The first kappa shape index (κ1) is 16.8. The maximum atomic E-state index is 10.6. The first-order valence-corrected chi connectivity index (χ1v) is 9.52. The Balaban J connectivity index is 0.000000200. The van der Waals surface area contributed by atoms with Gasteiger partial charge in [0.15, 0.2) is 0 Å². The molecule has 0 radical (unpaired) electrons. The second-order valence-electron chi connectivity index (χ2n) is 3.25. The van der Waals surface area contributed by atoms with Crippen LogP contribution in [0.4, 0.5) is 0 Å². The molecule has 0 spiro atoms. The molecule has 0 saturated carbocycles. The lowest BCUT2D eigenvalue weighted by atomic mass is 10.5. The Morgan fingerprint density at radius 1 is 0.750 bits per heavy atom. The fourth-order valence-electron chi connectivity index (χ4n) is 0.983. The molecule has 0 aliphatic heterocycles. The molecule has 2 aromatic rings. The molecule has 6 nitrogen and oxygen atoms in total. The second kappa shape index (κ2) is 6.98. The molecule has 0 aromatic carbocycles. The van der Waals surface area contributed by atoms with Crippen molar-refractivity contribution in [3.63, 3.8) is 0 Å². The van der Waals surface area contributed by atoms with Crippen LogP contribution >= 0.6 is 21.4 Å². The summed E-state index contributed by atoms with van der Waals surface area (Å²) in [7, 11) is 2.80. The Hall–Kier alpha value is -1.22. The quantitative estimate of drug-likeness (QED) is 0.765. The maximum Gasteiger partial charge on any atom is 0.262 e. The number of hydrogen-bond acceptors (Lipinski definition) is 6. The molecule has 0 atom stereocenters. The Kier molecular flexibility index (Phi) is 5.88. The normalized spacial score (nSPS) is 11.3. The minimum absolute atomic E-state index is 0.0247. The van der Waals surface area contributed by atoms with Gasteiger partial charge in [-0.05, 0) is 24.3 Å². The highest BCUT2D eigenvalue weighted by Crippen LogP contribution is 2.11. The molecule has 0 fully saturated rings. The van der Waals surface area contributed by atoms with Crippen molar-refractivity contribution < 1.29 is 16.8 Å². The van der Waals surface area contributed by atoms with Crippen LogP contribution in [0.15, 0.2) is 58.8 Å². The molecule has 0 N–H and O–H groups in total. The summed E-state index contributed by atoms with van der Waals surface area (Å²) in [6.07, 6.45) is 5.35. The molecule has 2 heterocycles. The minimum Gasteiger partial charge on any atom is -0.263 e. The summed E-state index contributed by atoms with van der Waals surface area (Å²) in [6.45, 7) is 0. The van der Waals surface area contributed by atoms with Gasteiger partial charge in [0.1, 0.15) is 9.79 Å². The molecule has 2 aromatic heterocycles. The largest absolute Gasteiger partial charge is 0.263 e. The standard InChI is InChI=1S/2C5H4ClNO2S/c2*6-10(8,9)5-2-1-3-7-4-5/h2*1-4H. The molecule has 0 amide bonds. The topological polar surface area (TPSA) is 94.1 Å². The molecule has 0 bridgehead atoms. The lowest BCUT2D eigenvalue weighted by molar-refractivity contribution is 0.607. The molecular weight excluding hydrogens is 347 g/mol. The number of halogens is 2. The lowest BCUT2D eigenvalue weighted by Crippen LogP contribution is -1.89. The van der Waals surface area contributed by atoms with Crippen LogP contribution in [-0.2, 0) is 18.1 Å². The summed E-state index contributed by atoms with van der Waals surface area (Å²) in [6, 6.07) is 5.79. The summed E-state index contributed by atoms with van der Waals surface area (Å²) in [5.41, 5.74) is 0. The number of pyridine rings is 2. The molecule has 0 unspecified atom stereocenters. The van der Waals surface area contributed by atoms with Crippen LogP contribution in [0, 0.1) is 0 Å². The summed E-state index contributed by atoms with van der Waals surface area (Å²) in [5, 5.41) is 0. The Morgan fingerprint density at radius 2 is 1.10 bits per heavy atom. The molecule has 0 saturated heterocycles. The van der Waals surface area contributed by atoms with Crippen molar-refractivity contribution in [3.05, 3.63) is 49.1 Å². The van der Waals surface area contributed by atoms with E-state index < -0.39 is 18.1 Å². The monoisotopic (exact) mass is 354 g/mol. The van der Waals surface area contributed by atoms with Crippen molar-refractivity contribution in [3.8, 4) is 0 Å². The predicted molar refractivity (Wildman–Crippen MR) is 74.6 cm³/mol. The van der Waals surface area contributed by atoms with Crippen LogP contribution in [0.1, 0.15) is 0 Å². The van der Waals surface area contributed by atoms with Gasteiger partial charge >= 0.3 is 0 Å². The zero-order valence-corrected chi connectivity index (χ0v) is 12.9. The van der Waals surface area contributed by atoms with Crippen LogP contribution in [0.25, 0.3) is 0 Å². The molecule has 108 valence electrons. The number of rotatable bonds is 2. The van der Waals surface area contributed by atoms with Gasteiger partial charge in [-0.25, -0.2) is 16.8 Å². The molecule has 0 aliphatic carbocycles. The fourth-order valence-corrected chi connectivity index (χ4v) is 2.39. The summed E-state index contributed by atoms with van der Waals surface area (Å²) >= 11 is 0. The Bertz CT molecular complexity index is 683. The van der Waals surface area contributed by atoms with Gasteiger partial charge in [0.05, 0.1) is 0 Å². The maximum absolute atomic E-state index is 10.6. The van der Waals surface area contributed by atoms with E-state index in [2.05, 4.69) is 9.97 Å². The second-order valence-corrected chi connectivity index (χ2v) is 8.39. The molecule has 0 aliphatic rings. The first-order valence-electron chi connectivity index (χ1n) is 4.90. The van der Waals surface area contributed by atoms with Crippen molar-refractivity contribution in [2.24, 2.45) is 0 Å². The van der Waals surface area contributed by atoms with Crippen molar-refractivity contribution in [2.75, 3.05) is 0 Å². The van der Waals surface area contributed by atoms with Gasteiger partial charge in [-0.2, -0.15) is 0 Å². The third-order valence-corrected chi connectivity index (χ3v) is 4.51. The molecule has 2 rings (SSSR count). The van der Waals surface area contributed by atoms with Gasteiger partial charge in [0, 0.05) is 46.2 Å². The average Bonchev–Trinajstić information content (AvgIpc) is 2.40. The van der Waals surface area contributed by atoms with Crippen LogP contribution < -0.4 is 0 Å². The van der Waals surface area contributed by atoms with E-state index in [0.29, 0.717) is 0 Å². The predicted octanol–water partition coefficient (Wildman–Crippen LogP) is 2.02. The van der Waals surface area contributed by atoms with E-state index in [1.807, 2.05) is 0 Å².